The number of carboxylic acids is 1. The number of carbonyl (C=O) groups excluding carboxylic acids is 2. The third-order valence-corrected chi connectivity index (χ3v) is 7.21. The van der Waals surface area contributed by atoms with Crippen molar-refractivity contribution >= 4 is 18.0 Å². The summed E-state index contributed by atoms with van der Waals surface area (Å²) in [7, 11) is 0. The molecule has 2 unspecified atom stereocenters. The van der Waals surface area contributed by atoms with Crippen LogP contribution in [0, 0.1) is 11.8 Å². The molecule has 1 fully saturated rings. The quantitative estimate of drug-likeness (QED) is 0.540. The number of hydrogen-bond donors (Lipinski definition) is 3. The van der Waals surface area contributed by atoms with Gasteiger partial charge in [-0.15, -0.1) is 0 Å². The summed E-state index contributed by atoms with van der Waals surface area (Å²) in [5, 5.41) is 14.8. The molecule has 2 aliphatic carbocycles. The van der Waals surface area contributed by atoms with E-state index in [9.17, 15) is 14.4 Å². The number of ether oxygens (including phenoxy) is 1. The normalized spacial score (nSPS) is 20.6. The summed E-state index contributed by atoms with van der Waals surface area (Å²) in [6.07, 6.45) is 2.24. The zero-order valence-electron chi connectivity index (χ0n) is 19.6. The molecule has 0 aromatic heterocycles. The number of nitrogens with one attached hydrogen (secondary N) is 2. The van der Waals surface area contributed by atoms with Crippen molar-refractivity contribution in [3.63, 3.8) is 0 Å². The van der Waals surface area contributed by atoms with E-state index in [1.54, 1.807) is 13.8 Å². The molecule has 4 rings (SSSR count). The SMILES string of the molecule is CC(NC(=O)C[C@H]1CC[C@@H](NC(=O)OCC2c3ccccc3-c3ccccc32)C1)C(C)C(=O)O. The summed E-state index contributed by atoms with van der Waals surface area (Å²) in [6.45, 7) is 3.56. The van der Waals surface area contributed by atoms with Crippen molar-refractivity contribution in [1.82, 2.24) is 10.6 Å². The van der Waals surface area contributed by atoms with E-state index in [-0.39, 0.29) is 30.4 Å². The molecule has 7 heteroatoms. The van der Waals surface area contributed by atoms with Crippen LogP contribution in [-0.2, 0) is 14.3 Å². The minimum atomic E-state index is -0.930. The van der Waals surface area contributed by atoms with Gasteiger partial charge in [-0.25, -0.2) is 4.79 Å². The van der Waals surface area contributed by atoms with Crippen LogP contribution in [0.25, 0.3) is 11.1 Å². The van der Waals surface area contributed by atoms with Crippen LogP contribution < -0.4 is 10.6 Å². The minimum absolute atomic E-state index is 0.0216. The van der Waals surface area contributed by atoms with Crippen molar-refractivity contribution < 1.29 is 24.2 Å². The summed E-state index contributed by atoms with van der Waals surface area (Å²) in [4.78, 5) is 35.9. The molecule has 2 aromatic carbocycles. The second-order valence-corrected chi connectivity index (χ2v) is 9.53. The van der Waals surface area contributed by atoms with Gasteiger partial charge in [0.25, 0.3) is 0 Å². The van der Waals surface area contributed by atoms with Gasteiger partial charge in [-0.2, -0.15) is 0 Å². The van der Waals surface area contributed by atoms with E-state index in [4.69, 9.17) is 9.84 Å². The molecule has 34 heavy (non-hydrogen) atoms. The van der Waals surface area contributed by atoms with E-state index in [0.29, 0.717) is 12.8 Å². The molecule has 0 saturated heterocycles. The lowest BCUT2D eigenvalue weighted by Crippen LogP contribution is -2.40. The van der Waals surface area contributed by atoms with E-state index in [2.05, 4.69) is 34.9 Å². The van der Waals surface area contributed by atoms with Gasteiger partial charge in [0, 0.05) is 24.4 Å². The van der Waals surface area contributed by atoms with Crippen molar-refractivity contribution in [2.24, 2.45) is 11.8 Å². The number of hydrogen-bond acceptors (Lipinski definition) is 4. The highest BCUT2D eigenvalue weighted by Gasteiger charge is 2.31. The van der Waals surface area contributed by atoms with Crippen molar-refractivity contribution in [1.29, 1.82) is 0 Å². The fraction of sp³-hybridized carbons (Fsp3) is 0.444. The van der Waals surface area contributed by atoms with Gasteiger partial charge >= 0.3 is 12.1 Å². The van der Waals surface area contributed by atoms with E-state index in [1.165, 1.54) is 22.3 Å². The van der Waals surface area contributed by atoms with Crippen LogP contribution in [0.3, 0.4) is 0 Å². The number of amides is 2. The van der Waals surface area contributed by atoms with E-state index in [1.807, 2.05) is 24.3 Å². The van der Waals surface area contributed by atoms with Crippen molar-refractivity contribution in [2.45, 2.75) is 57.5 Å². The Morgan fingerprint density at radius 3 is 2.24 bits per heavy atom. The molecule has 0 radical (unpaired) electrons. The Balaban J connectivity index is 1.24. The van der Waals surface area contributed by atoms with Crippen LogP contribution in [0.5, 0.6) is 0 Å². The molecule has 2 aliphatic rings. The van der Waals surface area contributed by atoms with Gasteiger partial charge in [0.2, 0.25) is 5.91 Å². The van der Waals surface area contributed by atoms with Crippen molar-refractivity contribution in [2.75, 3.05) is 6.61 Å². The molecule has 0 bridgehead atoms. The molecule has 0 heterocycles. The van der Waals surface area contributed by atoms with Gasteiger partial charge < -0.3 is 20.5 Å². The maximum absolute atomic E-state index is 12.5. The van der Waals surface area contributed by atoms with Gasteiger partial charge in [-0.3, -0.25) is 9.59 Å². The second kappa shape index (κ2) is 10.3. The molecule has 3 N–H and O–H groups in total. The minimum Gasteiger partial charge on any atom is -0.481 e. The highest BCUT2D eigenvalue weighted by molar-refractivity contribution is 5.79. The largest absolute Gasteiger partial charge is 0.481 e. The Kier molecular flexibility index (Phi) is 7.20. The predicted molar refractivity (Wildman–Crippen MR) is 128 cm³/mol. The first-order chi connectivity index (χ1) is 16.3. The topological polar surface area (TPSA) is 105 Å². The molecule has 1 saturated carbocycles. The first kappa shape index (κ1) is 23.8. The lowest BCUT2D eigenvalue weighted by atomic mass is 9.98. The number of benzene rings is 2. The van der Waals surface area contributed by atoms with Gasteiger partial charge in [0.15, 0.2) is 0 Å². The van der Waals surface area contributed by atoms with Crippen molar-refractivity contribution in [3.05, 3.63) is 59.7 Å². The number of aliphatic carboxylic acids is 1. The lowest BCUT2D eigenvalue weighted by Gasteiger charge is -2.19. The number of alkyl carbamates (subject to hydrolysis) is 1. The maximum Gasteiger partial charge on any atom is 0.407 e. The standard InChI is InChI=1S/C27H32N2O5/c1-16(26(31)32)17(2)28-25(30)14-18-11-12-19(13-18)29-27(33)34-15-24-22-9-5-3-7-20(22)21-8-4-6-10-23(21)24/h3-10,16-19,24H,11-15H2,1-2H3,(H,28,30)(H,29,33)(H,31,32)/t16?,17?,18-,19+/m0/s1. The smallest absolute Gasteiger partial charge is 0.407 e. The predicted octanol–water partition coefficient (Wildman–Crippen LogP) is 4.31. The third-order valence-electron chi connectivity index (χ3n) is 7.21. The molecule has 180 valence electrons. The van der Waals surface area contributed by atoms with Crippen LogP contribution in [0.2, 0.25) is 0 Å². The molecule has 0 aliphatic heterocycles. The molecule has 4 atom stereocenters. The van der Waals surface area contributed by atoms with Gasteiger partial charge in [0.1, 0.15) is 6.61 Å². The Hall–Kier alpha value is -3.35. The average molecular weight is 465 g/mol. The fourth-order valence-corrected chi connectivity index (χ4v) is 5.11. The number of carboxylic acid groups (broad SMARTS) is 1. The van der Waals surface area contributed by atoms with Crippen LogP contribution >= 0.6 is 0 Å². The first-order valence-electron chi connectivity index (χ1n) is 12.0. The number of fused-ring (bicyclic) bond motifs is 3. The molecule has 7 nitrogen and oxygen atoms in total. The van der Waals surface area contributed by atoms with Crippen LogP contribution in [0.4, 0.5) is 4.79 Å². The Bertz CT molecular complexity index is 1020. The Morgan fingerprint density at radius 1 is 1.00 bits per heavy atom. The maximum atomic E-state index is 12.5. The fourth-order valence-electron chi connectivity index (χ4n) is 5.11. The Morgan fingerprint density at radius 2 is 1.62 bits per heavy atom. The van der Waals surface area contributed by atoms with E-state index >= 15 is 0 Å². The zero-order valence-corrected chi connectivity index (χ0v) is 19.6. The molecular weight excluding hydrogens is 432 g/mol. The zero-order chi connectivity index (χ0) is 24.2. The molecule has 2 aromatic rings. The second-order valence-electron chi connectivity index (χ2n) is 9.53. The summed E-state index contributed by atoms with van der Waals surface area (Å²) >= 11 is 0. The molecular formula is C27H32N2O5. The first-order valence-corrected chi connectivity index (χ1v) is 12.0. The summed E-state index contributed by atoms with van der Waals surface area (Å²) in [5.74, 6) is -1.54. The molecule has 2 amide bonds. The average Bonchev–Trinajstić information content (AvgIpc) is 3.38. The van der Waals surface area contributed by atoms with Gasteiger partial charge in [-0.1, -0.05) is 48.5 Å². The van der Waals surface area contributed by atoms with Gasteiger partial charge in [0.05, 0.1) is 5.92 Å². The summed E-state index contributed by atoms with van der Waals surface area (Å²) in [6, 6.07) is 16.0. The van der Waals surface area contributed by atoms with Crippen LogP contribution in [-0.4, -0.2) is 41.8 Å². The highest BCUT2D eigenvalue weighted by Crippen LogP contribution is 2.44. The molecule has 0 spiro atoms. The number of rotatable bonds is 8. The van der Waals surface area contributed by atoms with E-state index < -0.39 is 24.0 Å². The third kappa shape index (κ3) is 5.24. The monoisotopic (exact) mass is 464 g/mol. The Labute approximate surface area is 199 Å². The summed E-state index contributed by atoms with van der Waals surface area (Å²) < 4.78 is 5.63. The van der Waals surface area contributed by atoms with Gasteiger partial charge in [-0.05, 0) is 61.3 Å². The van der Waals surface area contributed by atoms with Crippen LogP contribution in [0.1, 0.15) is 56.6 Å². The summed E-state index contributed by atoms with van der Waals surface area (Å²) in [5.41, 5.74) is 4.73. The van der Waals surface area contributed by atoms with Crippen molar-refractivity contribution in [3.8, 4) is 11.1 Å². The number of carbonyl (C=O) groups is 3. The highest BCUT2D eigenvalue weighted by atomic mass is 16.5. The lowest BCUT2D eigenvalue weighted by molar-refractivity contribution is -0.142. The van der Waals surface area contributed by atoms with E-state index in [0.717, 1.165) is 12.8 Å². The van der Waals surface area contributed by atoms with Crippen LogP contribution in [0.15, 0.2) is 48.5 Å².